The largest absolute Gasteiger partial charge is 0.221 e. The Morgan fingerprint density at radius 2 is 0.764 bits per heavy atom. The van der Waals surface area contributed by atoms with Gasteiger partial charge in [0, 0.05) is 11.1 Å². The molecule has 0 atom stereocenters. The highest BCUT2D eigenvalue weighted by Crippen LogP contribution is 2.32. The highest BCUT2D eigenvalue weighted by atomic mass is 15.5. The number of aromatic nitrogens is 8. The van der Waals surface area contributed by atoms with Crippen LogP contribution >= 0.6 is 0 Å². The van der Waals surface area contributed by atoms with Gasteiger partial charge in [0.1, 0.15) is 0 Å². The van der Waals surface area contributed by atoms with Crippen molar-refractivity contribution in [2.24, 2.45) is 0 Å². The molecule has 8 heteroatoms. The molecule has 0 aliphatic heterocycles. The Balaban J connectivity index is 0.000000194. The Morgan fingerprint density at radius 3 is 1.16 bits per heavy atom. The van der Waals surface area contributed by atoms with Gasteiger partial charge in [0.15, 0.2) is 11.6 Å². The van der Waals surface area contributed by atoms with Crippen LogP contribution < -0.4 is 0 Å². The molecule has 8 nitrogen and oxygen atoms in total. The SMILES string of the molecule is CC.CC.CCc1ccc(-c2ccccc2-c2nnnn2Cc2ccccc2)cc1.Cc1ccc(-c2ccccc2-c2nnnn2Cc2ccccc2)cc1. The summed E-state index contributed by atoms with van der Waals surface area (Å²) in [5.41, 5.74) is 11.6. The third-order valence-corrected chi connectivity index (χ3v) is 8.79. The van der Waals surface area contributed by atoms with Crippen molar-refractivity contribution < 1.29 is 0 Å². The minimum atomic E-state index is 0.644. The van der Waals surface area contributed by atoms with Crippen molar-refractivity contribution >= 4 is 0 Å². The highest BCUT2D eigenvalue weighted by molar-refractivity contribution is 5.81. The molecule has 55 heavy (non-hydrogen) atoms. The molecule has 0 unspecified atom stereocenters. The van der Waals surface area contributed by atoms with Gasteiger partial charge >= 0.3 is 0 Å². The van der Waals surface area contributed by atoms with Crippen LogP contribution in [0.25, 0.3) is 45.0 Å². The maximum atomic E-state index is 4.30. The van der Waals surface area contributed by atoms with E-state index in [2.05, 4.69) is 148 Å². The standard InChI is InChI=1S/C22H20N4.C21H18N4.2C2H6/c1-2-17-12-14-19(15-13-17)20-10-6-7-11-21(20)22-23-24-25-26(22)16-18-8-4-3-5-9-18;1-16-11-13-18(14-12-16)19-9-5-6-10-20(19)21-22-23-24-25(21)15-17-7-3-2-4-8-17;2*1-2/h3-15H,2,16H2,1H3;2-14H,15H2,1H3;2*1-2H3. The Bertz CT molecular complexity index is 2290. The molecular weight excluding hydrogens is 677 g/mol. The Labute approximate surface area is 325 Å². The molecule has 8 rings (SSSR count). The van der Waals surface area contributed by atoms with E-state index in [4.69, 9.17) is 0 Å². The summed E-state index contributed by atoms with van der Waals surface area (Å²) in [6, 6.07) is 54.2. The average molecular weight is 727 g/mol. The van der Waals surface area contributed by atoms with Gasteiger partial charge in [-0.05, 0) is 73.1 Å². The van der Waals surface area contributed by atoms with Crippen molar-refractivity contribution in [2.75, 3.05) is 0 Å². The molecule has 0 N–H and O–H groups in total. The minimum absolute atomic E-state index is 0.644. The first-order valence-electron chi connectivity index (χ1n) is 19.1. The molecule has 0 saturated heterocycles. The number of benzene rings is 6. The lowest BCUT2D eigenvalue weighted by molar-refractivity contribution is 0.653. The van der Waals surface area contributed by atoms with Crippen LogP contribution in [0.4, 0.5) is 0 Å². The summed E-state index contributed by atoms with van der Waals surface area (Å²) in [5, 5.41) is 24.8. The molecule has 0 amide bonds. The van der Waals surface area contributed by atoms with Crippen LogP contribution in [0.3, 0.4) is 0 Å². The lowest BCUT2D eigenvalue weighted by Crippen LogP contribution is -2.05. The van der Waals surface area contributed by atoms with E-state index < -0.39 is 0 Å². The molecule has 278 valence electrons. The van der Waals surface area contributed by atoms with Crippen molar-refractivity contribution in [1.82, 2.24) is 40.4 Å². The minimum Gasteiger partial charge on any atom is -0.221 e. The average Bonchev–Trinajstić information content (AvgIpc) is 3.93. The van der Waals surface area contributed by atoms with E-state index in [1.807, 2.05) is 91.7 Å². The third kappa shape index (κ3) is 10.3. The Hall–Kier alpha value is -6.54. The Kier molecular flexibility index (Phi) is 14.9. The zero-order valence-corrected chi connectivity index (χ0v) is 32.7. The molecular formula is C47H50N8. The van der Waals surface area contributed by atoms with E-state index in [-0.39, 0.29) is 0 Å². The molecule has 0 radical (unpaired) electrons. The van der Waals surface area contributed by atoms with Crippen LogP contribution in [0.1, 0.15) is 56.9 Å². The van der Waals surface area contributed by atoms with E-state index >= 15 is 0 Å². The molecule has 0 bridgehead atoms. The van der Waals surface area contributed by atoms with Crippen LogP contribution in [-0.2, 0) is 19.5 Å². The molecule has 2 heterocycles. The first-order valence-corrected chi connectivity index (χ1v) is 19.1. The van der Waals surface area contributed by atoms with Gasteiger partial charge < -0.3 is 0 Å². The maximum absolute atomic E-state index is 4.30. The first-order chi connectivity index (χ1) is 27.2. The van der Waals surface area contributed by atoms with Crippen molar-refractivity contribution in [3.63, 3.8) is 0 Å². The second-order valence-corrected chi connectivity index (χ2v) is 12.3. The van der Waals surface area contributed by atoms with Gasteiger partial charge in [-0.15, -0.1) is 10.2 Å². The summed E-state index contributed by atoms with van der Waals surface area (Å²) in [4.78, 5) is 0. The summed E-state index contributed by atoms with van der Waals surface area (Å²) in [7, 11) is 0. The topological polar surface area (TPSA) is 87.2 Å². The van der Waals surface area contributed by atoms with Gasteiger partial charge in [-0.25, -0.2) is 9.36 Å². The molecule has 2 aromatic heterocycles. The van der Waals surface area contributed by atoms with Crippen LogP contribution in [0.5, 0.6) is 0 Å². The molecule has 0 aliphatic rings. The second kappa shape index (κ2) is 20.6. The molecule has 0 spiro atoms. The smallest absolute Gasteiger partial charge is 0.182 e. The summed E-state index contributed by atoms with van der Waals surface area (Å²) >= 11 is 0. The van der Waals surface area contributed by atoms with Crippen molar-refractivity contribution in [1.29, 1.82) is 0 Å². The van der Waals surface area contributed by atoms with Gasteiger partial charge in [-0.2, -0.15) is 0 Å². The number of aryl methyl sites for hydroxylation is 2. The predicted molar refractivity (Wildman–Crippen MR) is 225 cm³/mol. The van der Waals surface area contributed by atoms with Crippen molar-refractivity contribution in [2.45, 2.75) is 61.1 Å². The van der Waals surface area contributed by atoms with E-state index in [0.29, 0.717) is 13.1 Å². The number of hydrogen-bond acceptors (Lipinski definition) is 6. The fourth-order valence-corrected chi connectivity index (χ4v) is 6.03. The van der Waals surface area contributed by atoms with E-state index in [1.54, 1.807) is 0 Å². The fraction of sp³-hybridized carbons (Fsp3) is 0.191. The van der Waals surface area contributed by atoms with Gasteiger partial charge in [0.05, 0.1) is 13.1 Å². The number of hydrogen-bond donors (Lipinski definition) is 0. The molecule has 6 aromatic carbocycles. The van der Waals surface area contributed by atoms with Crippen molar-refractivity contribution in [3.8, 4) is 45.0 Å². The lowest BCUT2D eigenvalue weighted by atomic mass is 9.98. The maximum Gasteiger partial charge on any atom is 0.182 e. The number of rotatable bonds is 9. The first kappa shape index (κ1) is 39.7. The van der Waals surface area contributed by atoms with Crippen molar-refractivity contribution in [3.05, 3.63) is 180 Å². The summed E-state index contributed by atoms with van der Waals surface area (Å²) in [6.07, 6.45) is 1.04. The highest BCUT2D eigenvalue weighted by Gasteiger charge is 2.16. The summed E-state index contributed by atoms with van der Waals surface area (Å²) in [6.45, 7) is 13.6. The van der Waals surface area contributed by atoms with Gasteiger partial charge in [-0.1, -0.05) is 198 Å². The van der Waals surface area contributed by atoms with E-state index in [1.165, 1.54) is 27.8 Å². The second-order valence-electron chi connectivity index (χ2n) is 12.3. The lowest BCUT2D eigenvalue weighted by Gasteiger charge is -2.11. The zero-order chi connectivity index (χ0) is 38.8. The van der Waals surface area contributed by atoms with Gasteiger partial charge in [0.25, 0.3) is 0 Å². The Morgan fingerprint density at radius 1 is 0.400 bits per heavy atom. The van der Waals surface area contributed by atoms with Crippen LogP contribution in [0, 0.1) is 6.92 Å². The monoisotopic (exact) mass is 726 g/mol. The predicted octanol–water partition coefficient (Wildman–Crippen LogP) is 11.0. The molecule has 0 aliphatic carbocycles. The van der Waals surface area contributed by atoms with Crippen LogP contribution in [-0.4, -0.2) is 40.4 Å². The summed E-state index contributed by atoms with van der Waals surface area (Å²) in [5.74, 6) is 1.56. The fourth-order valence-electron chi connectivity index (χ4n) is 6.03. The van der Waals surface area contributed by atoms with Crippen LogP contribution in [0.2, 0.25) is 0 Å². The molecule has 8 aromatic rings. The zero-order valence-electron chi connectivity index (χ0n) is 32.7. The number of nitrogens with zero attached hydrogens (tertiary/aromatic N) is 8. The normalized spacial score (nSPS) is 10.2. The molecule has 0 fully saturated rings. The third-order valence-electron chi connectivity index (χ3n) is 8.79. The number of tetrazole rings is 2. The molecule has 0 saturated carbocycles. The van der Waals surface area contributed by atoms with E-state index in [0.717, 1.165) is 45.9 Å². The summed E-state index contributed by atoms with van der Waals surface area (Å²) < 4.78 is 3.71. The van der Waals surface area contributed by atoms with Gasteiger partial charge in [-0.3, -0.25) is 0 Å². The van der Waals surface area contributed by atoms with Gasteiger partial charge in [0.2, 0.25) is 0 Å². The van der Waals surface area contributed by atoms with E-state index in [9.17, 15) is 0 Å². The van der Waals surface area contributed by atoms with Crippen LogP contribution in [0.15, 0.2) is 158 Å². The quantitative estimate of drug-likeness (QED) is 0.147.